The molecule has 0 aromatic rings. The Morgan fingerprint density at radius 2 is 1.64 bits per heavy atom. The maximum atomic E-state index is 12.1. The first-order chi connectivity index (χ1) is 10.1. The molecule has 1 aliphatic rings. The van der Waals surface area contributed by atoms with Gasteiger partial charge in [0.1, 0.15) is 5.54 Å². The van der Waals surface area contributed by atoms with Crippen LogP contribution < -0.4 is 11.1 Å². The fourth-order valence-corrected chi connectivity index (χ4v) is 3.02. The average Bonchev–Trinajstić information content (AvgIpc) is 2.72. The minimum atomic E-state index is -0.792. The van der Waals surface area contributed by atoms with E-state index in [2.05, 4.69) is 5.32 Å². The Kier molecular flexibility index (Phi) is 11.3. The molecule has 0 aliphatic heterocycles. The molecule has 5 nitrogen and oxygen atoms in total. The zero-order chi connectivity index (χ0) is 15.6. The van der Waals surface area contributed by atoms with Crippen LogP contribution in [0.1, 0.15) is 70.6 Å². The Labute approximate surface area is 140 Å². The molecule has 3 N–H and O–H groups in total. The molecule has 0 spiro atoms. The third kappa shape index (κ3) is 6.97. The number of nitrogens with one attached hydrogen (secondary N) is 1. The van der Waals surface area contributed by atoms with Crippen molar-refractivity contribution < 1.29 is 14.3 Å². The Balaban J connectivity index is 0.00000441. The summed E-state index contributed by atoms with van der Waals surface area (Å²) >= 11 is 0. The largest absolute Gasteiger partial charge is 0.467 e. The van der Waals surface area contributed by atoms with E-state index in [4.69, 9.17) is 10.5 Å². The van der Waals surface area contributed by atoms with Crippen LogP contribution in [0.5, 0.6) is 0 Å². The summed E-state index contributed by atoms with van der Waals surface area (Å²) < 4.78 is 4.94. The van der Waals surface area contributed by atoms with E-state index in [1.54, 1.807) is 0 Å². The maximum absolute atomic E-state index is 12.1. The monoisotopic (exact) mass is 334 g/mol. The summed E-state index contributed by atoms with van der Waals surface area (Å²) in [7, 11) is 1.40. The fraction of sp³-hybridized carbons (Fsp3) is 0.875. The molecular weight excluding hydrogens is 304 g/mol. The van der Waals surface area contributed by atoms with Gasteiger partial charge in [0.15, 0.2) is 0 Å². The zero-order valence-corrected chi connectivity index (χ0v) is 14.5. The zero-order valence-electron chi connectivity index (χ0n) is 13.7. The van der Waals surface area contributed by atoms with E-state index in [0.29, 0.717) is 25.8 Å². The third-order valence-corrected chi connectivity index (χ3v) is 4.27. The van der Waals surface area contributed by atoms with E-state index >= 15 is 0 Å². The van der Waals surface area contributed by atoms with Crippen molar-refractivity contribution >= 4 is 24.3 Å². The topological polar surface area (TPSA) is 81.4 Å². The van der Waals surface area contributed by atoms with Gasteiger partial charge in [0, 0.05) is 6.42 Å². The minimum absolute atomic E-state index is 0. The van der Waals surface area contributed by atoms with Gasteiger partial charge >= 0.3 is 5.97 Å². The summed E-state index contributed by atoms with van der Waals surface area (Å²) in [5.74, 6) is -0.323. The summed E-state index contributed by atoms with van der Waals surface area (Å²) in [5.41, 5.74) is 4.65. The third-order valence-electron chi connectivity index (χ3n) is 4.27. The predicted molar refractivity (Wildman–Crippen MR) is 90.0 cm³/mol. The summed E-state index contributed by atoms with van der Waals surface area (Å²) in [5, 5.41) is 2.98. The van der Waals surface area contributed by atoms with Crippen molar-refractivity contribution in [1.82, 2.24) is 5.32 Å². The smallest absolute Gasteiger partial charge is 0.331 e. The number of unbranched alkanes of at least 4 members (excludes halogenated alkanes) is 3. The summed E-state index contributed by atoms with van der Waals surface area (Å²) in [6.07, 6.45) is 9.96. The number of rotatable bonds is 8. The molecule has 1 amide bonds. The van der Waals surface area contributed by atoms with Gasteiger partial charge in [-0.3, -0.25) is 4.79 Å². The molecule has 0 radical (unpaired) electrons. The lowest BCUT2D eigenvalue weighted by atomic mass is 9.89. The van der Waals surface area contributed by atoms with Crippen LogP contribution in [-0.2, 0) is 14.3 Å². The first kappa shape index (κ1) is 21.2. The molecule has 0 aromatic heterocycles. The van der Waals surface area contributed by atoms with Crippen LogP contribution in [0.4, 0.5) is 0 Å². The van der Waals surface area contributed by atoms with Gasteiger partial charge in [-0.1, -0.05) is 38.5 Å². The van der Waals surface area contributed by atoms with E-state index in [-0.39, 0.29) is 24.3 Å². The molecule has 0 bridgehead atoms. The molecule has 0 aromatic carbocycles. The van der Waals surface area contributed by atoms with Gasteiger partial charge in [-0.15, -0.1) is 12.4 Å². The summed E-state index contributed by atoms with van der Waals surface area (Å²) in [6, 6.07) is 0. The van der Waals surface area contributed by atoms with Crippen LogP contribution in [0.3, 0.4) is 0 Å². The lowest BCUT2D eigenvalue weighted by Crippen LogP contribution is -2.54. The van der Waals surface area contributed by atoms with Gasteiger partial charge in [-0.25, -0.2) is 4.79 Å². The molecule has 0 atom stereocenters. The van der Waals surface area contributed by atoms with E-state index in [1.165, 1.54) is 7.11 Å². The van der Waals surface area contributed by atoms with Crippen molar-refractivity contribution in [2.24, 2.45) is 5.73 Å². The molecule has 1 fully saturated rings. The fourth-order valence-electron chi connectivity index (χ4n) is 3.02. The molecule has 1 saturated carbocycles. The Bertz CT molecular complexity index is 329. The SMILES string of the molecule is COC(=O)C1(NC(=O)CCCCCCN)CCCCCC1.Cl. The quantitative estimate of drug-likeness (QED) is 0.406. The predicted octanol–water partition coefficient (Wildman–Crippen LogP) is 2.70. The molecule has 0 heterocycles. The second-order valence-corrected chi connectivity index (χ2v) is 5.99. The highest BCUT2D eigenvalue weighted by atomic mass is 35.5. The lowest BCUT2D eigenvalue weighted by molar-refractivity contribution is -0.151. The number of esters is 1. The van der Waals surface area contributed by atoms with E-state index in [1.807, 2.05) is 0 Å². The normalized spacial score (nSPS) is 17.0. The molecule has 22 heavy (non-hydrogen) atoms. The molecule has 1 rings (SSSR count). The van der Waals surface area contributed by atoms with Crippen molar-refractivity contribution in [2.45, 2.75) is 76.2 Å². The maximum Gasteiger partial charge on any atom is 0.331 e. The highest BCUT2D eigenvalue weighted by Gasteiger charge is 2.40. The first-order valence-electron chi connectivity index (χ1n) is 8.24. The van der Waals surface area contributed by atoms with Crippen LogP contribution in [0.25, 0.3) is 0 Å². The Morgan fingerprint density at radius 1 is 1.05 bits per heavy atom. The Hall–Kier alpha value is -0.810. The van der Waals surface area contributed by atoms with E-state index in [0.717, 1.165) is 51.4 Å². The molecule has 0 saturated heterocycles. The van der Waals surface area contributed by atoms with Gasteiger partial charge in [0.25, 0.3) is 0 Å². The highest BCUT2D eigenvalue weighted by molar-refractivity contribution is 5.88. The average molecular weight is 335 g/mol. The summed E-state index contributed by atoms with van der Waals surface area (Å²) in [4.78, 5) is 24.3. The van der Waals surface area contributed by atoms with Crippen molar-refractivity contribution in [3.63, 3.8) is 0 Å². The molecular formula is C16H31ClN2O3. The van der Waals surface area contributed by atoms with Gasteiger partial charge in [-0.2, -0.15) is 0 Å². The molecule has 0 unspecified atom stereocenters. The van der Waals surface area contributed by atoms with E-state index in [9.17, 15) is 9.59 Å². The van der Waals surface area contributed by atoms with Gasteiger partial charge < -0.3 is 15.8 Å². The molecule has 130 valence electrons. The van der Waals surface area contributed by atoms with Crippen molar-refractivity contribution in [1.29, 1.82) is 0 Å². The number of halogens is 1. The molecule has 6 heteroatoms. The number of methoxy groups -OCH3 is 1. The Morgan fingerprint density at radius 3 is 2.18 bits per heavy atom. The number of ether oxygens (including phenoxy) is 1. The number of hydrogen-bond donors (Lipinski definition) is 2. The second-order valence-electron chi connectivity index (χ2n) is 5.99. The van der Waals surface area contributed by atoms with Crippen molar-refractivity contribution in [3.8, 4) is 0 Å². The minimum Gasteiger partial charge on any atom is -0.467 e. The molecule has 1 aliphatic carbocycles. The van der Waals surface area contributed by atoms with Gasteiger partial charge in [0.05, 0.1) is 7.11 Å². The number of amides is 1. The number of nitrogens with two attached hydrogens (primary N) is 1. The number of carbonyl (C=O) groups excluding carboxylic acids is 2. The number of carbonyl (C=O) groups is 2. The van der Waals surface area contributed by atoms with Crippen LogP contribution in [0.2, 0.25) is 0 Å². The highest BCUT2D eigenvalue weighted by Crippen LogP contribution is 2.28. The standard InChI is InChI=1S/C16H30N2O3.ClH/c1-21-15(20)16(11-7-3-4-8-12-16)18-14(19)10-6-2-5-9-13-17;/h2-13,17H2,1H3,(H,18,19);1H. The lowest BCUT2D eigenvalue weighted by Gasteiger charge is -2.31. The first-order valence-corrected chi connectivity index (χ1v) is 8.24. The van der Waals surface area contributed by atoms with Crippen LogP contribution >= 0.6 is 12.4 Å². The van der Waals surface area contributed by atoms with Crippen LogP contribution in [-0.4, -0.2) is 31.1 Å². The van der Waals surface area contributed by atoms with Crippen LogP contribution in [0, 0.1) is 0 Å². The number of hydrogen-bond acceptors (Lipinski definition) is 4. The second kappa shape index (κ2) is 11.7. The van der Waals surface area contributed by atoms with Crippen molar-refractivity contribution in [3.05, 3.63) is 0 Å². The van der Waals surface area contributed by atoms with Gasteiger partial charge in [-0.05, 0) is 32.2 Å². The van der Waals surface area contributed by atoms with Crippen LogP contribution in [0.15, 0.2) is 0 Å². The van der Waals surface area contributed by atoms with Gasteiger partial charge in [0.2, 0.25) is 5.91 Å². The summed E-state index contributed by atoms with van der Waals surface area (Å²) in [6.45, 7) is 0.706. The van der Waals surface area contributed by atoms with Crippen molar-refractivity contribution in [2.75, 3.05) is 13.7 Å². The van der Waals surface area contributed by atoms with E-state index < -0.39 is 5.54 Å².